The van der Waals surface area contributed by atoms with Crippen LogP contribution in [0, 0.1) is 0 Å². The van der Waals surface area contributed by atoms with Gasteiger partial charge in [-0.25, -0.2) is 0 Å². The van der Waals surface area contributed by atoms with Crippen LogP contribution in [0.4, 0.5) is 0 Å². The number of aryl methyl sites for hydroxylation is 1. The molecule has 3 heteroatoms. The summed E-state index contributed by atoms with van der Waals surface area (Å²) in [4.78, 5) is 0. The Kier molecular flexibility index (Phi) is 4.87. The molecule has 0 heterocycles. The van der Waals surface area contributed by atoms with Crippen LogP contribution < -0.4 is 10.1 Å². The van der Waals surface area contributed by atoms with Crippen LogP contribution in [0.5, 0.6) is 11.5 Å². The van der Waals surface area contributed by atoms with Crippen molar-refractivity contribution in [3.63, 3.8) is 0 Å². The molecular weight excluding hydrogens is 286 g/mol. The van der Waals surface area contributed by atoms with Crippen molar-refractivity contribution in [2.24, 2.45) is 0 Å². The van der Waals surface area contributed by atoms with Gasteiger partial charge >= 0.3 is 0 Å². The van der Waals surface area contributed by atoms with Gasteiger partial charge in [0.05, 0.1) is 7.11 Å². The number of fused-ring (bicyclic) bond motifs is 1. The summed E-state index contributed by atoms with van der Waals surface area (Å²) in [6, 6.07) is 14.8. The van der Waals surface area contributed by atoms with Crippen molar-refractivity contribution in [1.82, 2.24) is 5.32 Å². The van der Waals surface area contributed by atoms with Gasteiger partial charge in [-0.1, -0.05) is 24.3 Å². The Bertz CT molecular complexity index is 668. The first-order valence-electron chi connectivity index (χ1n) is 8.34. The van der Waals surface area contributed by atoms with Gasteiger partial charge in [-0.2, -0.15) is 0 Å². The molecule has 0 radical (unpaired) electrons. The molecule has 3 nitrogen and oxygen atoms in total. The van der Waals surface area contributed by atoms with Gasteiger partial charge in [-0.15, -0.1) is 0 Å². The molecule has 122 valence electrons. The lowest BCUT2D eigenvalue weighted by Crippen LogP contribution is -2.41. The van der Waals surface area contributed by atoms with E-state index in [0.717, 1.165) is 31.4 Å². The van der Waals surface area contributed by atoms with Crippen molar-refractivity contribution >= 4 is 0 Å². The van der Waals surface area contributed by atoms with E-state index in [2.05, 4.69) is 30.4 Å². The number of phenolic OH excluding ortho intramolecular Hbond substituents is 1. The fraction of sp³-hybridized carbons (Fsp3) is 0.400. The van der Waals surface area contributed by atoms with Gasteiger partial charge in [0.2, 0.25) is 0 Å². The second kappa shape index (κ2) is 7.05. The quantitative estimate of drug-likeness (QED) is 0.888. The third-order valence-corrected chi connectivity index (χ3v) is 4.66. The highest BCUT2D eigenvalue weighted by Gasteiger charge is 2.20. The average molecular weight is 311 g/mol. The van der Waals surface area contributed by atoms with Crippen LogP contribution in [0.3, 0.4) is 0 Å². The lowest BCUT2D eigenvalue weighted by molar-refractivity contribution is 0.388. The first kappa shape index (κ1) is 15.9. The first-order valence-corrected chi connectivity index (χ1v) is 8.34. The summed E-state index contributed by atoms with van der Waals surface area (Å²) in [5.41, 5.74) is 3.89. The third kappa shape index (κ3) is 3.85. The maximum atomic E-state index is 9.67. The van der Waals surface area contributed by atoms with Crippen molar-refractivity contribution in [2.75, 3.05) is 7.11 Å². The molecule has 1 aliphatic rings. The van der Waals surface area contributed by atoms with Gasteiger partial charge < -0.3 is 15.2 Å². The molecular formula is C20H25NO2. The SMILES string of the molecule is COc1ccccc1C[C@@H](C)N[C@@H]1CCc2ccc(O)cc2C1. The van der Waals surface area contributed by atoms with E-state index in [-0.39, 0.29) is 0 Å². The number of phenols is 1. The number of aromatic hydroxyl groups is 1. The van der Waals surface area contributed by atoms with Crippen molar-refractivity contribution in [2.45, 2.75) is 44.7 Å². The van der Waals surface area contributed by atoms with E-state index in [1.807, 2.05) is 18.2 Å². The number of para-hydroxylation sites is 1. The van der Waals surface area contributed by atoms with Crippen LogP contribution in [-0.2, 0) is 19.3 Å². The number of benzene rings is 2. The van der Waals surface area contributed by atoms with E-state index >= 15 is 0 Å². The van der Waals surface area contributed by atoms with Crippen LogP contribution in [0.1, 0.15) is 30.0 Å². The van der Waals surface area contributed by atoms with Gasteiger partial charge in [-0.05, 0) is 67.5 Å². The van der Waals surface area contributed by atoms with E-state index in [4.69, 9.17) is 4.74 Å². The fourth-order valence-electron chi connectivity index (χ4n) is 3.55. The van der Waals surface area contributed by atoms with Crippen LogP contribution in [0.25, 0.3) is 0 Å². The van der Waals surface area contributed by atoms with Gasteiger partial charge in [0.15, 0.2) is 0 Å². The van der Waals surface area contributed by atoms with E-state index < -0.39 is 0 Å². The standard InChI is InChI=1S/C20H25NO2/c1-14(11-16-5-3-4-6-20(16)23-2)21-18-9-7-15-8-10-19(22)13-17(15)12-18/h3-6,8,10,13-14,18,21-22H,7,9,11-12H2,1-2H3/t14-,18-/m1/s1. The van der Waals surface area contributed by atoms with Crippen molar-refractivity contribution < 1.29 is 9.84 Å². The highest BCUT2D eigenvalue weighted by atomic mass is 16.5. The molecule has 0 aromatic heterocycles. The van der Waals surface area contributed by atoms with E-state index in [1.165, 1.54) is 16.7 Å². The van der Waals surface area contributed by atoms with Crippen molar-refractivity contribution in [3.8, 4) is 11.5 Å². The smallest absolute Gasteiger partial charge is 0.122 e. The molecule has 2 N–H and O–H groups in total. The Hall–Kier alpha value is -2.00. The molecule has 0 saturated heterocycles. The molecule has 23 heavy (non-hydrogen) atoms. The Morgan fingerprint density at radius 2 is 2.04 bits per heavy atom. The molecule has 3 rings (SSSR count). The molecule has 0 fully saturated rings. The fourth-order valence-corrected chi connectivity index (χ4v) is 3.55. The predicted octanol–water partition coefficient (Wildman–Crippen LogP) is 3.48. The first-order chi connectivity index (χ1) is 11.2. The molecule has 0 aliphatic heterocycles. The Morgan fingerprint density at radius 1 is 1.22 bits per heavy atom. The van der Waals surface area contributed by atoms with E-state index in [1.54, 1.807) is 13.2 Å². The van der Waals surface area contributed by atoms with Crippen molar-refractivity contribution in [1.29, 1.82) is 0 Å². The summed E-state index contributed by atoms with van der Waals surface area (Å²) in [6.07, 6.45) is 4.16. The van der Waals surface area contributed by atoms with Gasteiger partial charge in [0, 0.05) is 12.1 Å². The molecule has 0 spiro atoms. The molecule has 0 amide bonds. The normalized spacial score (nSPS) is 18.3. The zero-order chi connectivity index (χ0) is 16.2. The monoisotopic (exact) mass is 311 g/mol. The minimum Gasteiger partial charge on any atom is -0.508 e. The minimum atomic E-state index is 0.367. The Labute approximate surface area is 138 Å². The van der Waals surface area contributed by atoms with E-state index in [0.29, 0.717) is 17.8 Å². The summed E-state index contributed by atoms with van der Waals surface area (Å²) < 4.78 is 5.44. The average Bonchev–Trinajstić information content (AvgIpc) is 2.55. The topological polar surface area (TPSA) is 41.5 Å². The molecule has 2 aromatic rings. The van der Waals surface area contributed by atoms with Crippen LogP contribution in [0.2, 0.25) is 0 Å². The number of ether oxygens (including phenoxy) is 1. The molecule has 2 atom stereocenters. The second-order valence-corrected chi connectivity index (χ2v) is 6.48. The maximum Gasteiger partial charge on any atom is 0.122 e. The van der Waals surface area contributed by atoms with Crippen LogP contribution >= 0.6 is 0 Å². The zero-order valence-corrected chi connectivity index (χ0v) is 13.9. The van der Waals surface area contributed by atoms with Crippen LogP contribution in [0.15, 0.2) is 42.5 Å². The number of hydrogen-bond acceptors (Lipinski definition) is 3. The highest BCUT2D eigenvalue weighted by molar-refractivity contribution is 5.37. The van der Waals surface area contributed by atoms with Crippen molar-refractivity contribution in [3.05, 3.63) is 59.2 Å². The third-order valence-electron chi connectivity index (χ3n) is 4.66. The second-order valence-electron chi connectivity index (χ2n) is 6.48. The number of nitrogens with one attached hydrogen (secondary N) is 1. The maximum absolute atomic E-state index is 9.67. The Morgan fingerprint density at radius 3 is 2.87 bits per heavy atom. The largest absolute Gasteiger partial charge is 0.508 e. The van der Waals surface area contributed by atoms with Crippen LogP contribution in [-0.4, -0.2) is 24.3 Å². The summed E-state index contributed by atoms with van der Waals surface area (Å²) in [7, 11) is 1.72. The zero-order valence-electron chi connectivity index (χ0n) is 13.9. The molecule has 1 aliphatic carbocycles. The highest BCUT2D eigenvalue weighted by Crippen LogP contribution is 2.26. The lowest BCUT2D eigenvalue weighted by Gasteiger charge is -2.29. The van der Waals surface area contributed by atoms with Gasteiger partial charge in [0.1, 0.15) is 11.5 Å². The summed E-state index contributed by atoms with van der Waals surface area (Å²) in [5, 5.41) is 13.4. The number of rotatable bonds is 5. The van der Waals surface area contributed by atoms with Gasteiger partial charge in [0.25, 0.3) is 0 Å². The van der Waals surface area contributed by atoms with Gasteiger partial charge in [-0.3, -0.25) is 0 Å². The molecule has 0 bridgehead atoms. The predicted molar refractivity (Wildman–Crippen MR) is 93.2 cm³/mol. The Balaban J connectivity index is 1.61. The number of hydrogen-bond donors (Lipinski definition) is 2. The van der Waals surface area contributed by atoms with E-state index in [9.17, 15) is 5.11 Å². The molecule has 0 saturated carbocycles. The number of methoxy groups -OCH3 is 1. The molecule has 2 aromatic carbocycles. The summed E-state index contributed by atoms with van der Waals surface area (Å²) >= 11 is 0. The summed E-state index contributed by atoms with van der Waals surface area (Å²) in [6.45, 7) is 2.23. The lowest BCUT2D eigenvalue weighted by atomic mass is 9.87. The molecule has 0 unspecified atom stereocenters. The summed E-state index contributed by atoms with van der Waals surface area (Å²) in [5.74, 6) is 1.33. The minimum absolute atomic E-state index is 0.367.